The van der Waals surface area contributed by atoms with Gasteiger partial charge >= 0.3 is 12.1 Å². The molecular weight excluding hydrogens is 377 g/mol. The fourth-order valence-electron chi connectivity index (χ4n) is 1.96. The first kappa shape index (κ1) is 21.9. The summed E-state index contributed by atoms with van der Waals surface area (Å²) in [5.41, 5.74) is -0.158. The molecule has 0 saturated heterocycles. The van der Waals surface area contributed by atoms with E-state index in [1.54, 1.807) is 5.32 Å². The van der Waals surface area contributed by atoms with Crippen LogP contribution in [0.25, 0.3) is 0 Å². The average Bonchev–Trinajstić information content (AvgIpc) is 2.55. The predicted molar refractivity (Wildman–Crippen MR) is 86.1 cm³/mol. The van der Waals surface area contributed by atoms with E-state index < -0.39 is 40.7 Å². The second-order valence-corrected chi connectivity index (χ2v) is 7.19. The van der Waals surface area contributed by atoms with E-state index in [4.69, 9.17) is 5.11 Å². The molecule has 0 aliphatic carbocycles. The molecule has 0 bridgehead atoms. The summed E-state index contributed by atoms with van der Waals surface area (Å²) in [7, 11) is -4.16. The molecule has 1 atom stereocenters. The third-order valence-corrected chi connectivity index (χ3v) is 4.81. The molecule has 0 aliphatic rings. The maximum Gasteiger partial charge on any atom is 0.405 e. The molecule has 0 radical (unpaired) electrons. The van der Waals surface area contributed by atoms with Crippen molar-refractivity contribution in [3.8, 4) is 0 Å². The Bertz CT molecular complexity index is 733. The second kappa shape index (κ2) is 8.99. The molecule has 26 heavy (non-hydrogen) atoms. The average molecular weight is 396 g/mol. The first-order valence-electron chi connectivity index (χ1n) is 7.66. The van der Waals surface area contributed by atoms with E-state index in [9.17, 15) is 31.2 Å². The molecule has 1 aromatic carbocycles. The minimum absolute atomic E-state index is 0.114. The van der Waals surface area contributed by atoms with E-state index in [0.717, 1.165) is 24.3 Å². The van der Waals surface area contributed by atoms with Crippen LogP contribution in [-0.2, 0) is 14.8 Å². The number of aliphatic carboxylic acids is 1. The van der Waals surface area contributed by atoms with Gasteiger partial charge in [-0.1, -0.05) is 19.8 Å². The van der Waals surface area contributed by atoms with Crippen molar-refractivity contribution in [2.75, 3.05) is 6.54 Å². The third-order valence-electron chi connectivity index (χ3n) is 3.32. The molecule has 0 spiro atoms. The Kier molecular flexibility index (Phi) is 7.57. The number of hydrogen-bond acceptors (Lipinski definition) is 4. The summed E-state index contributed by atoms with van der Waals surface area (Å²) in [6.07, 6.45) is -3.25. The van der Waals surface area contributed by atoms with E-state index in [1.165, 1.54) is 0 Å². The fraction of sp³-hybridized carbons (Fsp3) is 0.467. The summed E-state index contributed by atoms with van der Waals surface area (Å²) < 4.78 is 62.7. The van der Waals surface area contributed by atoms with Gasteiger partial charge in [-0.05, 0) is 30.7 Å². The normalized spacial score (nSPS) is 13.2. The molecule has 0 unspecified atom stereocenters. The van der Waals surface area contributed by atoms with Crippen LogP contribution in [0.5, 0.6) is 0 Å². The number of amides is 1. The Labute approximate surface area is 148 Å². The standard InChI is InChI=1S/C15H19F3N2O5S/c1-2-3-4-12(14(22)23)20-26(24,25)11-7-5-10(6-8-11)13(21)19-9-15(16,17)18/h5-8,12,20H,2-4,9H2,1H3,(H,19,21)(H,22,23)/t12-/m0/s1. The van der Waals surface area contributed by atoms with Gasteiger partial charge < -0.3 is 10.4 Å². The van der Waals surface area contributed by atoms with Gasteiger partial charge in [-0.2, -0.15) is 17.9 Å². The van der Waals surface area contributed by atoms with Crippen LogP contribution >= 0.6 is 0 Å². The highest BCUT2D eigenvalue weighted by Gasteiger charge is 2.28. The van der Waals surface area contributed by atoms with Gasteiger partial charge in [0.2, 0.25) is 10.0 Å². The van der Waals surface area contributed by atoms with Gasteiger partial charge in [-0.15, -0.1) is 0 Å². The Morgan fingerprint density at radius 3 is 2.23 bits per heavy atom. The quantitative estimate of drug-likeness (QED) is 0.590. The molecule has 1 amide bonds. The number of carbonyl (C=O) groups is 2. The highest BCUT2D eigenvalue weighted by Crippen LogP contribution is 2.15. The highest BCUT2D eigenvalue weighted by atomic mass is 32.2. The summed E-state index contributed by atoms with van der Waals surface area (Å²) >= 11 is 0. The van der Waals surface area contributed by atoms with Crippen LogP contribution in [0.2, 0.25) is 0 Å². The second-order valence-electron chi connectivity index (χ2n) is 5.48. The maximum absolute atomic E-state index is 12.2. The number of alkyl halides is 3. The lowest BCUT2D eigenvalue weighted by Gasteiger charge is -2.14. The lowest BCUT2D eigenvalue weighted by atomic mass is 10.1. The van der Waals surface area contributed by atoms with Gasteiger partial charge in [-0.25, -0.2) is 8.42 Å². The first-order chi connectivity index (χ1) is 12.0. The number of nitrogens with one attached hydrogen (secondary N) is 2. The molecule has 3 N–H and O–H groups in total. The molecule has 11 heteroatoms. The molecule has 0 heterocycles. The smallest absolute Gasteiger partial charge is 0.405 e. The SMILES string of the molecule is CCCC[C@H](NS(=O)(=O)c1ccc(C(=O)NCC(F)(F)F)cc1)C(=O)O. The van der Waals surface area contributed by atoms with E-state index in [-0.39, 0.29) is 16.9 Å². The van der Waals surface area contributed by atoms with E-state index in [2.05, 4.69) is 4.72 Å². The number of carboxylic acid groups (broad SMARTS) is 1. The molecule has 146 valence electrons. The van der Waals surface area contributed by atoms with Crippen molar-refractivity contribution in [3.63, 3.8) is 0 Å². The molecular formula is C15H19F3N2O5S. The Hall–Kier alpha value is -2.14. The van der Waals surface area contributed by atoms with Crippen LogP contribution in [0.4, 0.5) is 13.2 Å². The van der Waals surface area contributed by atoms with Gasteiger partial charge in [0.1, 0.15) is 12.6 Å². The molecule has 1 aromatic rings. The first-order valence-corrected chi connectivity index (χ1v) is 9.14. The van der Waals surface area contributed by atoms with Crippen LogP contribution in [0.15, 0.2) is 29.2 Å². The van der Waals surface area contributed by atoms with Crippen molar-refractivity contribution >= 4 is 21.9 Å². The van der Waals surface area contributed by atoms with Crippen molar-refractivity contribution in [1.29, 1.82) is 0 Å². The number of sulfonamides is 1. The van der Waals surface area contributed by atoms with Crippen molar-refractivity contribution in [2.45, 2.75) is 43.3 Å². The number of benzene rings is 1. The van der Waals surface area contributed by atoms with Crippen LogP contribution < -0.4 is 10.0 Å². The zero-order valence-electron chi connectivity index (χ0n) is 13.8. The molecule has 0 aromatic heterocycles. The minimum Gasteiger partial charge on any atom is -0.480 e. The van der Waals surface area contributed by atoms with Gasteiger partial charge in [-0.3, -0.25) is 9.59 Å². The summed E-state index contributed by atoms with van der Waals surface area (Å²) in [6.45, 7) is 0.321. The van der Waals surface area contributed by atoms with Crippen molar-refractivity contribution < 1.29 is 36.3 Å². The predicted octanol–water partition coefficient (Wildman–Crippen LogP) is 1.90. The number of halogens is 3. The maximum atomic E-state index is 12.2. The monoisotopic (exact) mass is 396 g/mol. The topological polar surface area (TPSA) is 113 Å². The number of carbonyl (C=O) groups excluding carboxylic acids is 1. The lowest BCUT2D eigenvalue weighted by molar-refractivity contribution is -0.139. The Morgan fingerprint density at radius 1 is 1.19 bits per heavy atom. The number of carboxylic acids is 1. The van der Waals surface area contributed by atoms with Crippen LogP contribution in [0, 0.1) is 0 Å². The van der Waals surface area contributed by atoms with E-state index in [1.807, 2.05) is 6.92 Å². The van der Waals surface area contributed by atoms with Gasteiger partial charge in [0, 0.05) is 5.56 Å². The Morgan fingerprint density at radius 2 is 1.77 bits per heavy atom. The zero-order valence-corrected chi connectivity index (χ0v) is 14.7. The van der Waals surface area contributed by atoms with E-state index >= 15 is 0 Å². The summed E-state index contributed by atoms with van der Waals surface area (Å²) in [6, 6.07) is 2.83. The highest BCUT2D eigenvalue weighted by molar-refractivity contribution is 7.89. The third kappa shape index (κ3) is 7.00. The van der Waals surface area contributed by atoms with E-state index in [0.29, 0.717) is 12.8 Å². The van der Waals surface area contributed by atoms with Crippen molar-refractivity contribution in [1.82, 2.24) is 10.0 Å². The molecule has 7 nitrogen and oxygen atoms in total. The summed E-state index contributed by atoms with van der Waals surface area (Å²) in [5, 5.41) is 10.7. The largest absolute Gasteiger partial charge is 0.480 e. The van der Waals surface area contributed by atoms with Gasteiger partial charge in [0.15, 0.2) is 0 Å². The minimum atomic E-state index is -4.56. The molecule has 0 saturated carbocycles. The zero-order chi connectivity index (χ0) is 20.0. The van der Waals surface area contributed by atoms with Crippen LogP contribution in [0.3, 0.4) is 0 Å². The van der Waals surface area contributed by atoms with Crippen molar-refractivity contribution in [2.24, 2.45) is 0 Å². The molecule has 0 aliphatic heterocycles. The van der Waals surface area contributed by atoms with Crippen LogP contribution in [0.1, 0.15) is 36.5 Å². The van der Waals surface area contributed by atoms with Gasteiger partial charge in [0.25, 0.3) is 5.91 Å². The summed E-state index contributed by atoms with van der Waals surface area (Å²) in [5.74, 6) is -2.32. The molecule has 1 rings (SSSR count). The summed E-state index contributed by atoms with van der Waals surface area (Å²) in [4.78, 5) is 22.4. The fourth-order valence-corrected chi connectivity index (χ4v) is 3.19. The molecule has 0 fully saturated rings. The number of rotatable bonds is 9. The lowest BCUT2D eigenvalue weighted by Crippen LogP contribution is -2.40. The van der Waals surface area contributed by atoms with Gasteiger partial charge in [0.05, 0.1) is 4.90 Å². The Balaban J connectivity index is 2.85. The van der Waals surface area contributed by atoms with Crippen LogP contribution in [-0.4, -0.2) is 44.2 Å². The van der Waals surface area contributed by atoms with Crippen molar-refractivity contribution in [3.05, 3.63) is 29.8 Å². The number of unbranched alkanes of at least 4 members (excludes halogenated alkanes) is 1. The number of hydrogen-bond donors (Lipinski definition) is 3.